The van der Waals surface area contributed by atoms with Gasteiger partial charge in [-0.3, -0.25) is 14.5 Å². The molecule has 2 amide bonds. The van der Waals surface area contributed by atoms with Crippen LogP contribution in [0.3, 0.4) is 0 Å². The summed E-state index contributed by atoms with van der Waals surface area (Å²) in [4.78, 5) is 27.5. The van der Waals surface area contributed by atoms with E-state index in [-0.39, 0.29) is 17.9 Å². The highest BCUT2D eigenvalue weighted by Crippen LogP contribution is 2.17. The van der Waals surface area contributed by atoms with Crippen molar-refractivity contribution in [3.05, 3.63) is 71.3 Å². The molecule has 6 heteroatoms. The molecule has 1 atom stereocenters. The standard InChI is InChI=1S/C28H38N4O2/c1-22(2)24-16-14-23(15-17-24)21-30-31-28(34)26(32-19-9-4-10-20-32)13-7-8-18-29-27(33)25-11-5-3-6-12-25/h3,5-6,11-12,14-17,21-22,26H,4,7-10,13,18-20H2,1-2H3,(H,29,33)(H,31,34)/b30-21+. The summed E-state index contributed by atoms with van der Waals surface area (Å²) in [6.07, 6.45) is 7.64. The molecular formula is C28H38N4O2. The number of rotatable bonds is 11. The number of hydrazone groups is 1. The van der Waals surface area contributed by atoms with Gasteiger partial charge >= 0.3 is 0 Å². The predicted octanol–water partition coefficient (Wildman–Crippen LogP) is 4.71. The minimum Gasteiger partial charge on any atom is -0.352 e. The topological polar surface area (TPSA) is 73.8 Å². The van der Waals surface area contributed by atoms with Crippen LogP contribution in [-0.4, -0.2) is 48.6 Å². The zero-order chi connectivity index (χ0) is 24.2. The van der Waals surface area contributed by atoms with E-state index < -0.39 is 0 Å². The molecule has 2 N–H and O–H groups in total. The van der Waals surface area contributed by atoms with Gasteiger partial charge in [0, 0.05) is 12.1 Å². The Morgan fingerprint density at radius 1 is 0.971 bits per heavy atom. The summed E-state index contributed by atoms with van der Waals surface area (Å²) in [7, 11) is 0. The van der Waals surface area contributed by atoms with Gasteiger partial charge in [0.1, 0.15) is 0 Å². The summed E-state index contributed by atoms with van der Waals surface area (Å²) in [5.74, 6) is 0.384. The highest BCUT2D eigenvalue weighted by molar-refractivity contribution is 5.94. The minimum atomic E-state index is -0.189. The van der Waals surface area contributed by atoms with Crippen LogP contribution in [0.2, 0.25) is 0 Å². The van der Waals surface area contributed by atoms with Gasteiger partial charge in [-0.25, -0.2) is 5.43 Å². The molecule has 1 aliphatic heterocycles. The van der Waals surface area contributed by atoms with Crippen LogP contribution in [0.15, 0.2) is 59.7 Å². The van der Waals surface area contributed by atoms with E-state index in [4.69, 9.17) is 0 Å². The molecule has 1 aliphatic rings. The summed E-state index contributed by atoms with van der Waals surface area (Å²) in [5.41, 5.74) is 5.69. The zero-order valence-corrected chi connectivity index (χ0v) is 20.5. The fourth-order valence-electron chi connectivity index (χ4n) is 4.28. The average Bonchev–Trinajstić information content (AvgIpc) is 2.87. The quantitative estimate of drug-likeness (QED) is 0.288. The molecule has 3 rings (SSSR count). The van der Waals surface area contributed by atoms with Crippen LogP contribution in [0.1, 0.15) is 79.8 Å². The maximum absolute atomic E-state index is 13.0. The monoisotopic (exact) mass is 462 g/mol. The number of amides is 2. The van der Waals surface area contributed by atoms with Gasteiger partial charge in [0.2, 0.25) is 0 Å². The van der Waals surface area contributed by atoms with Crippen LogP contribution in [0, 0.1) is 0 Å². The lowest BCUT2D eigenvalue weighted by Gasteiger charge is -2.33. The molecule has 1 heterocycles. The third-order valence-electron chi connectivity index (χ3n) is 6.35. The lowest BCUT2D eigenvalue weighted by molar-refractivity contribution is -0.127. The van der Waals surface area contributed by atoms with E-state index >= 15 is 0 Å². The number of nitrogens with one attached hydrogen (secondary N) is 2. The summed E-state index contributed by atoms with van der Waals surface area (Å²) in [6, 6.07) is 17.3. The van der Waals surface area contributed by atoms with Crippen LogP contribution in [0.5, 0.6) is 0 Å². The number of nitrogens with zero attached hydrogens (tertiary/aromatic N) is 2. The van der Waals surface area contributed by atoms with Crippen molar-refractivity contribution in [2.24, 2.45) is 5.10 Å². The normalized spacial score (nSPS) is 15.4. The van der Waals surface area contributed by atoms with Crippen molar-refractivity contribution in [2.45, 2.75) is 64.3 Å². The molecule has 2 aromatic carbocycles. The van der Waals surface area contributed by atoms with Gasteiger partial charge in [0.15, 0.2) is 0 Å². The summed E-state index contributed by atoms with van der Waals surface area (Å²) >= 11 is 0. The van der Waals surface area contributed by atoms with Gasteiger partial charge < -0.3 is 5.32 Å². The fraction of sp³-hybridized carbons (Fsp3) is 0.464. The molecule has 0 saturated carbocycles. The molecule has 6 nitrogen and oxygen atoms in total. The second-order valence-corrected chi connectivity index (χ2v) is 9.29. The molecule has 1 fully saturated rings. The lowest BCUT2D eigenvalue weighted by atomic mass is 10.0. The molecule has 34 heavy (non-hydrogen) atoms. The van der Waals surface area contributed by atoms with E-state index in [1.165, 1.54) is 12.0 Å². The van der Waals surface area contributed by atoms with Gasteiger partial charge in [0.25, 0.3) is 11.8 Å². The van der Waals surface area contributed by atoms with E-state index in [0.717, 1.165) is 50.8 Å². The number of unbranched alkanes of at least 4 members (excludes halogenated alkanes) is 1. The first-order valence-corrected chi connectivity index (χ1v) is 12.5. The molecule has 1 unspecified atom stereocenters. The first-order valence-electron chi connectivity index (χ1n) is 12.5. The third kappa shape index (κ3) is 8.10. The second kappa shape index (κ2) is 13.7. The summed E-state index contributed by atoms with van der Waals surface area (Å²) < 4.78 is 0. The van der Waals surface area contributed by atoms with Gasteiger partial charge in [0.05, 0.1) is 12.3 Å². The average molecular weight is 463 g/mol. The second-order valence-electron chi connectivity index (χ2n) is 9.29. The van der Waals surface area contributed by atoms with Crippen molar-refractivity contribution in [1.29, 1.82) is 0 Å². The number of hydrogen-bond donors (Lipinski definition) is 2. The number of benzene rings is 2. The molecule has 1 saturated heterocycles. The SMILES string of the molecule is CC(C)c1ccc(/C=N/NC(=O)C(CCCCNC(=O)c2ccccc2)N2CCCCC2)cc1. The molecule has 2 aromatic rings. The Hall–Kier alpha value is -2.99. The van der Waals surface area contributed by atoms with Gasteiger partial charge in [-0.05, 0) is 74.4 Å². The van der Waals surface area contributed by atoms with Crippen molar-refractivity contribution in [2.75, 3.05) is 19.6 Å². The number of piperidine rings is 1. The van der Waals surface area contributed by atoms with E-state index in [1.54, 1.807) is 6.21 Å². The fourth-order valence-corrected chi connectivity index (χ4v) is 4.28. The Morgan fingerprint density at radius 3 is 2.35 bits per heavy atom. The van der Waals surface area contributed by atoms with Crippen molar-refractivity contribution in [3.8, 4) is 0 Å². The Kier molecular flexibility index (Phi) is 10.3. The predicted molar refractivity (Wildman–Crippen MR) is 138 cm³/mol. The largest absolute Gasteiger partial charge is 0.352 e. The van der Waals surface area contributed by atoms with Crippen LogP contribution in [0.25, 0.3) is 0 Å². The zero-order valence-electron chi connectivity index (χ0n) is 20.5. The third-order valence-corrected chi connectivity index (χ3v) is 6.35. The summed E-state index contributed by atoms with van der Waals surface area (Å²) in [5, 5.41) is 7.19. The Morgan fingerprint density at radius 2 is 1.68 bits per heavy atom. The highest BCUT2D eigenvalue weighted by Gasteiger charge is 2.26. The van der Waals surface area contributed by atoms with E-state index in [1.807, 2.05) is 42.5 Å². The first kappa shape index (κ1) is 25.6. The number of carbonyl (C=O) groups excluding carboxylic acids is 2. The van der Waals surface area contributed by atoms with Crippen LogP contribution in [0.4, 0.5) is 0 Å². The molecule has 0 bridgehead atoms. The van der Waals surface area contributed by atoms with E-state index in [0.29, 0.717) is 18.0 Å². The van der Waals surface area contributed by atoms with Crippen molar-refractivity contribution in [3.63, 3.8) is 0 Å². The number of hydrogen-bond acceptors (Lipinski definition) is 4. The molecular weight excluding hydrogens is 424 g/mol. The lowest BCUT2D eigenvalue weighted by Crippen LogP contribution is -2.47. The van der Waals surface area contributed by atoms with E-state index in [2.05, 4.69) is 46.7 Å². The first-order chi connectivity index (χ1) is 16.5. The maximum Gasteiger partial charge on any atom is 0.257 e. The molecule has 0 aromatic heterocycles. The van der Waals surface area contributed by atoms with E-state index in [9.17, 15) is 9.59 Å². The van der Waals surface area contributed by atoms with Gasteiger partial charge in [-0.15, -0.1) is 0 Å². The smallest absolute Gasteiger partial charge is 0.257 e. The Balaban J connectivity index is 1.47. The van der Waals surface area contributed by atoms with Crippen LogP contribution < -0.4 is 10.7 Å². The van der Waals surface area contributed by atoms with Gasteiger partial charge in [-0.2, -0.15) is 5.10 Å². The van der Waals surface area contributed by atoms with Crippen molar-refractivity contribution >= 4 is 18.0 Å². The van der Waals surface area contributed by atoms with Crippen molar-refractivity contribution in [1.82, 2.24) is 15.6 Å². The van der Waals surface area contributed by atoms with Crippen molar-refractivity contribution < 1.29 is 9.59 Å². The molecule has 182 valence electrons. The van der Waals surface area contributed by atoms with Gasteiger partial charge in [-0.1, -0.05) is 62.7 Å². The Labute approximate surface area is 203 Å². The van der Waals surface area contributed by atoms with Crippen LogP contribution in [-0.2, 0) is 4.79 Å². The molecule has 0 spiro atoms. The Bertz CT molecular complexity index is 919. The highest BCUT2D eigenvalue weighted by atomic mass is 16.2. The number of carbonyl (C=O) groups is 2. The minimum absolute atomic E-state index is 0.0507. The number of likely N-dealkylation sites (tertiary alicyclic amines) is 1. The summed E-state index contributed by atoms with van der Waals surface area (Å²) in [6.45, 7) is 6.83. The maximum atomic E-state index is 13.0. The molecule has 0 aliphatic carbocycles. The van der Waals surface area contributed by atoms with Crippen LogP contribution >= 0.6 is 0 Å². The molecule has 0 radical (unpaired) electrons.